The van der Waals surface area contributed by atoms with Crippen LogP contribution in [-0.2, 0) is 4.74 Å². The van der Waals surface area contributed by atoms with Crippen molar-refractivity contribution in [1.82, 2.24) is 0 Å². The molecule has 7 heavy (non-hydrogen) atoms. The van der Waals surface area contributed by atoms with Crippen molar-refractivity contribution in [3.05, 3.63) is 0 Å². The van der Waals surface area contributed by atoms with E-state index in [4.69, 9.17) is 10.2 Å². The molecule has 0 radical (unpaired) electrons. The van der Waals surface area contributed by atoms with E-state index in [1.165, 1.54) is 0 Å². The molecule has 0 aliphatic rings. The lowest BCUT2D eigenvalue weighted by atomic mass is 10.7. The van der Waals surface area contributed by atoms with Crippen LogP contribution in [0.1, 0.15) is 0 Å². The Morgan fingerprint density at radius 2 is 2.14 bits per heavy atom. The Hall–Kier alpha value is -0.190. The number of hydrogen-bond acceptors (Lipinski definition) is 3. The number of aliphatic hydroxyl groups excluding tert-OH is 1. The SMILES string of the molecule is OC(O)COCF. The molecular formula is C3H7FO3. The fourth-order valence-electron chi connectivity index (χ4n) is 0.150. The second-order valence-electron chi connectivity index (χ2n) is 0.961. The topological polar surface area (TPSA) is 49.7 Å². The maximum atomic E-state index is 10.9. The highest BCUT2D eigenvalue weighted by Gasteiger charge is 1.93. The van der Waals surface area contributed by atoms with Gasteiger partial charge in [0.25, 0.3) is 0 Å². The Balaban J connectivity index is 2.68. The van der Waals surface area contributed by atoms with Crippen LogP contribution in [0.5, 0.6) is 0 Å². The number of aliphatic hydroxyl groups is 2. The van der Waals surface area contributed by atoms with Crippen LogP contribution in [0.4, 0.5) is 4.39 Å². The van der Waals surface area contributed by atoms with Crippen LogP contribution in [0.15, 0.2) is 0 Å². The summed E-state index contributed by atoms with van der Waals surface area (Å²) < 4.78 is 14.8. The normalized spacial score (nSPS) is 10.3. The Kier molecular flexibility index (Phi) is 3.87. The van der Waals surface area contributed by atoms with Crippen molar-refractivity contribution in [2.24, 2.45) is 0 Å². The van der Waals surface area contributed by atoms with Crippen LogP contribution in [0, 0.1) is 0 Å². The molecule has 0 heterocycles. The molecule has 0 amide bonds. The summed E-state index contributed by atoms with van der Waals surface area (Å²) >= 11 is 0. The smallest absolute Gasteiger partial charge is 0.188 e. The first-order valence-electron chi connectivity index (χ1n) is 1.77. The first kappa shape index (κ1) is 6.81. The number of rotatable bonds is 3. The van der Waals surface area contributed by atoms with Gasteiger partial charge in [-0.3, -0.25) is 0 Å². The van der Waals surface area contributed by atoms with Gasteiger partial charge in [0.15, 0.2) is 13.2 Å². The van der Waals surface area contributed by atoms with Crippen molar-refractivity contribution >= 4 is 0 Å². The maximum Gasteiger partial charge on any atom is 0.188 e. The third-order valence-electron chi connectivity index (χ3n) is 0.344. The first-order chi connectivity index (χ1) is 3.27. The molecule has 4 heteroatoms. The van der Waals surface area contributed by atoms with Crippen LogP contribution in [0.3, 0.4) is 0 Å². The highest BCUT2D eigenvalue weighted by molar-refractivity contribution is 4.25. The molecule has 0 fully saturated rings. The van der Waals surface area contributed by atoms with Crippen LogP contribution in [0.25, 0.3) is 0 Å². The van der Waals surface area contributed by atoms with Crippen LogP contribution >= 0.6 is 0 Å². The maximum absolute atomic E-state index is 10.9. The third kappa shape index (κ3) is 5.81. The van der Waals surface area contributed by atoms with Gasteiger partial charge in [0, 0.05) is 0 Å². The van der Waals surface area contributed by atoms with Crippen LogP contribution in [-0.4, -0.2) is 30.0 Å². The molecular weight excluding hydrogens is 103 g/mol. The summed E-state index contributed by atoms with van der Waals surface area (Å²) in [5.41, 5.74) is 0. The van der Waals surface area contributed by atoms with Gasteiger partial charge in [-0.15, -0.1) is 0 Å². The lowest BCUT2D eigenvalue weighted by molar-refractivity contribution is -0.108. The molecule has 2 N–H and O–H groups in total. The molecule has 0 unspecified atom stereocenters. The average molecular weight is 110 g/mol. The van der Waals surface area contributed by atoms with Crippen molar-refractivity contribution in [2.75, 3.05) is 13.5 Å². The molecule has 0 saturated heterocycles. The Morgan fingerprint density at radius 1 is 1.57 bits per heavy atom. The fourth-order valence-corrected chi connectivity index (χ4v) is 0.150. The minimum absolute atomic E-state index is 0.365. The molecule has 0 spiro atoms. The Labute approximate surface area is 40.3 Å². The van der Waals surface area contributed by atoms with Crippen molar-refractivity contribution in [3.8, 4) is 0 Å². The third-order valence-corrected chi connectivity index (χ3v) is 0.344. The summed E-state index contributed by atoms with van der Waals surface area (Å²) in [5.74, 6) is 0. The van der Waals surface area contributed by atoms with E-state index in [1.54, 1.807) is 0 Å². The second-order valence-corrected chi connectivity index (χ2v) is 0.961. The number of halogens is 1. The molecule has 0 aliphatic carbocycles. The molecule has 44 valence electrons. The van der Waals surface area contributed by atoms with E-state index in [9.17, 15) is 4.39 Å². The molecule has 0 aromatic rings. The Morgan fingerprint density at radius 3 is 2.29 bits per heavy atom. The lowest BCUT2D eigenvalue weighted by Crippen LogP contribution is -2.12. The highest BCUT2D eigenvalue weighted by Crippen LogP contribution is 1.77. The standard InChI is InChI=1S/C3H7FO3/c4-2-7-1-3(5)6/h3,5-6H,1-2H2. The highest BCUT2D eigenvalue weighted by atomic mass is 19.1. The van der Waals surface area contributed by atoms with Crippen LogP contribution in [0.2, 0.25) is 0 Å². The van der Waals surface area contributed by atoms with E-state index < -0.39 is 13.2 Å². The second kappa shape index (κ2) is 3.98. The van der Waals surface area contributed by atoms with Gasteiger partial charge < -0.3 is 14.9 Å². The van der Waals surface area contributed by atoms with E-state index in [2.05, 4.69) is 4.74 Å². The van der Waals surface area contributed by atoms with E-state index >= 15 is 0 Å². The summed E-state index contributed by atoms with van der Waals surface area (Å²) in [4.78, 5) is 0. The van der Waals surface area contributed by atoms with Crippen LogP contribution < -0.4 is 0 Å². The molecule has 0 aliphatic heterocycles. The quantitative estimate of drug-likeness (QED) is 0.469. The van der Waals surface area contributed by atoms with Gasteiger partial charge in [-0.05, 0) is 0 Å². The van der Waals surface area contributed by atoms with Crippen molar-refractivity contribution in [3.63, 3.8) is 0 Å². The zero-order chi connectivity index (χ0) is 5.70. The van der Waals surface area contributed by atoms with Crippen molar-refractivity contribution in [2.45, 2.75) is 6.29 Å². The molecule has 0 saturated carbocycles. The number of ether oxygens (including phenoxy) is 1. The minimum atomic E-state index is -1.56. The Bertz CT molecular complexity index is 39.2. The van der Waals surface area contributed by atoms with Gasteiger partial charge in [0.2, 0.25) is 0 Å². The van der Waals surface area contributed by atoms with Gasteiger partial charge in [-0.25, -0.2) is 4.39 Å². The zero-order valence-corrected chi connectivity index (χ0v) is 3.67. The molecule has 0 rings (SSSR count). The molecule has 0 aromatic carbocycles. The molecule has 0 atom stereocenters. The van der Waals surface area contributed by atoms with E-state index in [1.807, 2.05) is 0 Å². The van der Waals surface area contributed by atoms with Crippen molar-refractivity contribution < 1.29 is 19.3 Å². The van der Waals surface area contributed by atoms with Gasteiger partial charge >= 0.3 is 0 Å². The molecule has 0 bridgehead atoms. The summed E-state index contributed by atoms with van der Waals surface area (Å²) in [6.45, 7) is -1.34. The van der Waals surface area contributed by atoms with Gasteiger partial charge in [0.1, 0.15) is 6.61 Å². The van der Waals surface area contributed by atoms with Gasteiger partial charge in [-0.2, -0.15) is 0 Å². The molecule has 3 nitrogen and oxygen atoms in total. The summed E-state index contributed by atoms with van der Waals surface area (Å²) in [6.07, 6.45) is -1.56. The summed E-state index contributed by atoms with van der Waals surface area (Å²) in [7, 11) is 0. The van der Waals surface area contributed by atoms with Crippen molar-refractivity contribution in [1.29, 1.82) is 0 Å². The molecule has 0 aromatic heterocycles. The largest absolute Gasteiger partial charge is 0.366 e. The fraction of sp³-hybridized carbons (Fsp3) is 1.00. The minimum Gasteiger partial charge on any atom is -0.366 e. The van der Waals surface area contributed by atoms with E-state index in [0.717, 1.165) is 0 Å². The number of alkyl halides is 1. The zero-order valence-electron chi connectivity index (χ0n) is 3.67. The van der Waals surface area contributed by atoms with Gasteiger partial charge in [0.05, 0.1) is 0 Å². The number of hydrogen-bond donors (Lipinski definition) is 2. The first-order valence-corrected chi connectivity index (χ1v) is 1.77. The summed E-state index contributed by atoms with van der Waals surface area (Å²) in [5, 5.41) is 15.9. The van der Waals surface area contributed by atoms with E-state index in [-0.39, 0.29) is 6.61 Å². The summed E-state index contributed by atoms with van der Waals surface area (Å²) in [6, 6.07) is 0. The lowest BCUT2D eigenvalue weighted by Gasteiger charge is -1.98. The predicted octanol–water partition coefficient (Wildman–Crippen LogP) is -0.759. The average Bonchev–Trinajstić information content (AvgIpc) is 1.61. The predicted molar refractivity (Wildman–Crippen MR) is 20.2 cm³/mol. The monoisotopic (exact) mass is 110 g/mol. The van der Waals surface area contributed by atoms with E-state index in [0.29, 0.717) is 0 Å². The van der Waals surface area contributed by atoms with Gasteiger partial charge in [-0.1, -0.05) is 0 Å².